The fourth-order valence-corrected chi connectivity index (χ4v) is 3.00. The molecule has 0 amide bonds. The van der Waals surface area contributed by atoms with Crippen molar-refractivity contribution in [2.45, 2.75) is 11.4 Å². The molecule has 1 heterocycles. The Morgan fingerprint density at radius 1 is 1.07 bits per heavy atom. The van der Waals surface area contributed by atoms with Gasteiger partial charge >= 0.3 is 0 Å². The number of nitrogens with two attached hydrogens (primary N) is 1. The Bertz CT molecular complexity index is 1080. The Kier molecular flexibility index (Phi) is 6.19. The van der Waals surface area contributed by atoms with Crippen molar-refractivity contribution < 1.29 is 12.8 Å². The summed E-state index contributed by atoms with van der Waals surface area (Å²) in [6.45, 7) is 0.599. The van der Waals surface area contributed by atoms with E-state index < -0.39 is 10.0 Å². The van der Waals surface area contributed by atoms with Crippen LogP contribution in [0.5, 0.6) is 0 Å². The van der Waals surface area contributed by atoms with Crippen molar-refractivity contribution in [3.8, 4) is 11.3 Å². The van der Waals surface area contributed by atoms with Gasteiger partial charge in [0.25, 0.3) is 0 Å². The summed E-state index contributed by atoms with van der Waals surface area (Å²) in [4.78, 5) is 0.0466. The van der Waals surface area contributed by atoms with Crippen LogP contribution in [0.25, 0.3) is 11.3 Å². The van der Waals surface area contributed by atoms with Gasteiger partial charge in [0.2, 0.25) is 10.0 Å². The summed E-state index contributed by atoms with van der Waals surface area (Å²) >= 11 is 5.17. The molecule has 0 spiro atoms. The molecule has 0 bridgehead atoms. The van der Waals surface area contributed by atoms with Crippen molar-refractivity contribution >= 4 is 33.6 Å². The number of hydrogen-bond donors (Lipinski definition) is 3. The topological polar surface area (TPSA) is 110 Å². The van der Waals surface area contributed by atoms with Gasteiger partial charge in [-0.3, -0.25) is 5.43 Å². The van der Waals surface area contributed by atoms with E-state index in [0.717, 1.165) is 11.1 Å². The third kappa shape index (κ3) is 5.49. The summed E-state index contributed by atoms with van der Waals surface area (Å²) in [7, 11) is -3.72. The fraction of sp³-hybridized carbons (Fsp3) is 0.0526. The van der Waals surface area contributed by atoms with Gasteiger partial charge in [0, 0.05) is 12.1 Å². The highest BCUT2D eigenvalue weighted by Crippen LogP contribution is 2.22. The Labute approximate surface area is 168 Å². The Balaban J connectivity index is 1.54. The van der Waals surface area contributed by atoms with Crippen molar-refractivity contribution in [2.75, 3.05) is 0 Å². The largest absolute Gasteiger partial charge is 0.455 e. The molecule has 0 radical (unpaired) electrons. The molecule has 0 aliphatic heterocycles. The van der Waals surface area contributed by atoms with Gasteiger partial charge in [0.05, 0.1) is 11.1 Å². The molecule has 2 aromatic carbocycles. The molecule has 3 aromatic rings. The first-order chi connectivity index (χ1) is 13.4. The molecule has 0 saturated carbocycles. The molecule has 0 atom stereocenters. The maximum absolute atomic E-state index is 11.3. The number of thiocarbonyl (C=S) groups is 1. The van der Waals surface area contributed by atoms with Gasteiger partial charge in [-0.05, 0) is 54.2 Å². The molecule has 0 aliphatic carbocycles. The van der Waals surface area contributed by atoms with Crippen LogP contribution in [-0.4, -0.2) is 19.7 Å². The van der Waals surface area contributed by atoms with E-state index in [1.165, 1.54) is 18.3 Å². The van der Waals surface area contributed by atoms with E-state index in [0.29, 0.717) is 23.2 Å². The Morgan fingerprint density at radius 2 is 1.79 bits per heavy atom. The van der Waals surface area contributed by atoms with Crippen LogP contribution in [0.4, 0.5) is 0 Å². The van der Waals surface area contributed by atoms with Crippen LogP contribution in [-0.2, 0) is 16.6 Å². The zero-order chi connectivity index (χ0) is 20.0. The minimum absolute atomic E-state index is 0.0466. The number of nitrogens with one attached hydrogen (secondary N) is 2. The van der Waals surface area contributed by atoms with E-state index in [2.05, 4.69) is 15.8 Å². The van der Waals surface area contributed by atoms with Crippen molar-refractivity contribution in [3.63, 3.8) is 0 Å². The molecule has 7 nitrogen and oxygen atoms in total. The average molecular weight is 415 g/mol. The van der Waals surface area contributed by atoms with Crippen molar-refractivity contribution in [3.05, 3.63) is 78.1 Å². The maximum atomic E-state index is 11.3. The lowest BCUT2D eigenvalue weighted by Crippen LogP contribution is -2.31. The number of hydrogen-bond acceptors (Lipinski definition) is 5. The first-order valence-electron chi connectivity index (χ1n) is 8.26. The zero-order valence-electron chi connectivity index (χ0n) is 14.7. The summed E-state index contributed by atoms with van der Waals surface area (Å²) in [6, 6.07) is 19.5. The molecule has 1 aromatic heterocycles. The summed E-state index contributed by atoms with van der Waals surface area (Å²) in [5, 5.41) is 12.6. The van der Waals surface area contributed by atoms with Gasteiger partial charge in [-0.2, -0.15) is 5.10 Å². The lowest BCUT2D eigenvalue weighted by molar-refractivity contribution is 0.574. The van der Waals surface area contributed by atoms with Crippen molar-refractivity contribution in [1.29, 1.82) is 0 Å². The number of nitrogens with zero attached hydrogens (tertiary/aromatic N) is 1. The summed E-state index contributed by atoms with van der Waals surface area (Å²) in [5.74, 6) is 1.09. The predicted molar refractivity (Wildman–Crippen MR) is 112 cm³/mol. The van der Waals surface area contributed by atoms with Crippen LogP contribution in [0.2, 0.25) is 0 Å². The Hall–Kier alpha value is -3.01. The highest BCUT2D eigenvalue weighted by atomic mass is 32.2. The van der Waals surface area contributed by atoms with Gasteiger partial charge in [0.1, 0.15) is 11.5 Å². The van der Waals surface area contributed by atoms with E-state index in [1.54, 1.807) is 24.3 Å². The van der Waals surface area contributed by atoms with Crippen LogP contribution in [0.1, 0.15) is 11.3 Å². The molecular formula is C19H18N4O3S2. The van der Waals surface area contributed by atoms with Gasteiger partial charge in [-0.1, -0.05) is 30.3 Å². The fourth-order valence-electron chi connectivity index (χ4n) is 2.36. The minimum atomic E-state index is -3.72. The predicted octanol–water partition coefficient (Wildman–Crippen LogP) is 2.59. The summed E-state index contributed by atoms with van der Waals surface area (Å²) < 4.78 is 28.3. The average Bonchev–Trinajstić information content (AvgIpc) is 3.15. The van der Waals surface area contributed by atoms with Crippen LogP contribution in [0, 0.1) is 0 Å². The van der Waals surface area contributed by atoms with E-state index in [1.807, 2.05) is 30.3 Å². The molecule has 4 N–H and O–H groups in total. The molecule has 9 heteroatoms. The van der Waals surface area contributed by atoms with Gasteiger partial charge in [-0.15, -0.1) is 0 Å². The lowest BCUT2D eigenvalue weighted by Gasteiger charge is -2.06. The van der Waals surface area contributed by atoms with Crippen LogP contribution >= 0.6 is 12.2 Å². The third-order valence-corrected chi connectivity index (χ3v) is 4.91. The number of primary sulfonamides is 1. The van der Waals surface area contributed by atoms with E-state index in [-0.39, 0.29) is 4.90 Å². The second-order valence-corrected chi connectivity index (χ2v) is 7.78. The van der Waals surface area contributed by atoms with Crippen molar-refractivity contribution in [2.24, 2.45) is 10.2 Å². The normalized spacial score (nSPS) is 11.5. The number of benzene rings is 2. The first-order valence-corrected chi connectivity index (χ1v) is 10.2. The molecule has 0 unspecified atom stereocenters. The third-order valence-electron chi connectivity index (χ3n) is 3.75. The monoisotopic (exact) mass is 414 g/mol. The lowest BCUT2D eigenvalue weighted by atomic mass is 10.2. The summed E-state index contributed by atoms with van der Waals surface area (Å²) in [6.07, 6.45) is 1.50. The quantitative estimate of drug-likeness (QED) is 0.325. The van der Waals surface area contributed by atoms with Crippen molar-refractivity contribution in [1.82, 2.24) is 10.7 Å². The molecular weight excluding hydrogens is 396 g/mol. The summed E-state index contributed by atoms with van der Waals surface area (Å²) in [5.41, 5.74) is 4.56. The Morgan fingerprint density at radius 3 is 2.46 bits per heavy atom. The molecule has 144 valence electrons. The van der Waals surface area contributed by atoms with E-state index in [9.17, 15) is 8.42 Å². The van der Waals surface area contributed by atoms with Crippen LogP contribution < -0.4 is 15.9 Å². The first kappa shape index (κ1) is 19.7. The maximum Gasteiger partial charge on any atom is 0.238 e. The second-order valence-electron chi connectivity index (χ2n) is 5.81. The van der Waals surface area contributed by atoms with Gasteiger partial charge < -0.3 is 9.73 Å². The van der Waals surface area contributed by atoms with E-state index in [4.69, 9.17) is 21.8 Å². The molecule has 0 saturated heterocycles. The minimum Gasteiger partial charge on any atom is -0.455 e. The molecule has 28 heavy (non-hydrogen) atoms. The number of sulfonamides is 1. The number of furan rings is 1. The van der Waals surface area contributed by atoms with Crippen LogP contribution in [0.15, 0.2) is 81.1 Å². The van der Waals surface area contributed by atoms with Gasteiger partial charge in [-0.25, -0.2) is 13.6 Å². The van der Waals surface area contributed by atoms with Crippen LogP contribution in [0.3, 0.4) is 0 Å². The van der Waals surface area contributed by atoms with Gasteiger partial charge in [0.15, 0.2) is 5.11 Å². The molecule has 0 aliphatic rings. The number of rotatable bonds is 6. The number of hydrazone groups is 1. The highest BCUT2D eigenvalue weighted by Gasteiger charge is 2.09. The second kappa shape index (κ2) is 8.79. The molecule has 3 rings (SSSR count). The molecule has 0 fully saturated rings. The highest BCUT2D eigenvalue weighted by molar-refractivity contribution is 7.89. The smallest absolute Gasteiger partial charge is 0.238 e. The standard InChI is InChI=1S/C19H18N4O3S2/c20-28(24,25)17-9-6-15(7-10-17)18-11-8-16(26-18)13-22-23-19(27)21-12-14-4-2-1-3-5-14/h1-11,13H,12H2,(H2,20,24,25)(H2,21,23,27)/b22-13-. The van der Waals surface area contributed by atoms with E-state index >= 15 is 0 Å². The SMILES string of the molecule is NS(=O)(=O)c1ccc(-c2ccc(/C=N\NC(=S)NCc3ccccc3)o2)cc1. The zero-order valence-corrected chi connectivity index (χ0v) is 16.3.